The minimum absolute atomic E-state index is 0.0537. The van der Waals surface area contributed by atoms with E-state index >= 15 is 0 Å². The summed E-state index contributed by atoms with van der Waals surface area (Å²) in [6, 6.07) is 0. The molecule has 2 rings (SSSR count). The van der Waals surface area contributed by atoms with Gasteiger partial charge in [-0.1, -0.05) is 0 Å². The van der Waals surface area contributed by atoms with Gasteiger partial charge in [0.15, 0.2) is 0 Å². The monoisotopic (exact) mass is 299 g/mol. The van der Waals surface area contributed by atoms with Crippen molar-refractivity contribution in [1.29, 1.82) is 0 Å². The normalized spacial score (nSPS) is 25.0. The minimum atomic E-state index is -0.907. The van der Waals surface area contributed by atoms with Crippen LogP contribution in [0.4, 0.5) is 5.82 Å². The van der Waals surface area contributed by atoms with E-state index in [0.29, 0.717) is 0 Å². The van der Waals surface area contributed by atoms with E-state index in [1.807, 2.05) is 0 Å². The van der Waals surface area contributed by atoms with Gasteiger partial charge in [-0.2, -0.15) is 4.98 Å². The maximum Gasteiger partial charge on any atom is 0.351 e. The molecule has 116 valence electrons. The molecule has 0 radical (unpaired) electrons. The second-order valence-electron chi connectivity index (χ2n) is 4.56. The molecular formula is C12H17N3O6. The predicted molar refractivity (Wildman–Crippen MR) is 70.5 cm³/mol. The molecule has 1 saturated heterocycles. The highest BCUT2D eigenvalue weighted by Gasteiger charge is 2.35. The Hall–Kier alpha value is -1.97. The van der Waals surface area contributed by atoms with Gasteiger partial charge in [0.05, 0.1) is 19.3 Å². The Morgan fingerprint density at radius 3 is 2.95 bits per heavy atom. The standard InChI is InChI=1S/C12H17N3O6/c1-2-20-11(18)6-4-15(12(19)14-10(6)13)9-3-7(17)8(5-16)21-9/h4,7-9,16-17H,2-3,5H2,1H3,(H2,13,14,19)/t7-,8+,9+/m1/s1. The van der Waals surface area contributed by atoms with Crippen LogP contribution in [-0.4, -0.2) is 51.2 Å². The lowest BCUT2D eigenvalue weighted by Crippen LogP contribution is -2.30. The Morgan fingerprint density at radius 1 is 1.67 bits per heavy atom. The fraction of sp³-hybridized carbons (Fsp3) is 0.583. The molecule has 1 aliphatic heterocycles. The third-order valence-electron chi connectivity index (χ3n) is 3.17. The zero-order valence-electron chi connectivity index (χ0n) is 11.4. The maximum absolute atomic E-state index is 11.9. The van der Waals surface area contributed by atoms with Crippen molar-refractivity contribution < 1.29 is 24.5 Å². The van der Waals surface area contributed by atoms with Crippen molar-refractivity contribution in [2.45, 2.75) is 31.8 Å². The smallest absolute Gasteiger partial charge is 0.351 e. The van der Waals surface area contributed by atoms with E-state index in [0.717, 1.165) is 4.57 Å². The van der Waals surface area contributed by atoms with Crippen molar-refractivity contribution in [3.05, 3.63) is 22.2 Å². The molecule has 0 bridgehead atoms. The van der Waals surface area contributed by atoms with Gasteiger partial charge in [-0.25, -0.2) is 9.59 Å². The van der Waals surface area contributed by atoms with Gasteiger partial charge in [-0.3, -0.25) is 4.57 Å². The molecule has 2 heterocycles. The first-order valence-electron chi connectivity index (χ1n) is 6.48. The molecule has 0 amide bonds. The van der Waals surface area contributed by atoms with E-state index in [2.05, 4.69) is 4.98 Å². The molecule has 0 saturated carbocycles. The Balaban J connectivity index is 2.34. The number of aromatic nitrogens is 2. The van der Waals surface area contributed by atoms with Crippen molar-refractivity contribution in [2.75, 3.05) is 18.9 Å². The first kappa shape index (κ1) is 15.4. The Kier molecular flexibility index (Phi) is 4.56. The lowest BCUT2D eigenvalue weighted by Gasteiger charge is -2.15. The summed E-state index contributed by atoms with van der Waals surface area (Å²) in [6.45, 7) is 1.42. The van der Waals surface area contributed by atoms with Crippen molar-refractivity contribution in [3.63, 3.8) is 0 Å². The van der Waals surface area contributed by atoms with Crippen LogP contribution in [0, 0.1) is 0 Å². The zero-order chi connectivity index (χ0) is 15.6. The van der Waals surface area contributed by atoms with Gasteiger partial charge in [0.1, 0.15) is 23.7 Å². The number of hydrogen-bond acceptors (Lipinski definition) is 8. The maximum atomic E-state index is 11.9. The van der Waals surface area contributed by atoms with Crippen LogP contribution in [0.3, 0.4) is 0 Å². The quantitative estimate of drug-likeness (QED) is 0.580. The molecule has 1 aromatic heterocycles. The highest BCUT2D eigenvalue weighted by Crippen LogP contribution is 2.27. The number of carbonyl (C=O) groups is 1. The van der Waals surface area contributed by atoms with Crippen molar-refractivity contribution >= 4 is 11.8 Å². The molecule has 21 heavy (non-hydrogen) atoms. The zero-order valence-corrected chi connectivity index (χ0v) is 11.4. The molecule has 0 aliphatic carbocycles. The van der Waals surface area contributed by atoms with Crippen LogP contribution < -0.4 is 11.4 Å². The van der Waals surface area contributed by atoms with Crippen LogP contribution in [0.25, 0.3) is 0 Å². The van der Waals surface area contributed by atoms with Gasteiger partial charge in [0.25, 0.3) is 0 Å². The van der Waals surface area contributed by atoms with Gasteiger partial charge in [0.2, 0.25) is 0 Å². The van der Waals surface area contributed by atoms with E-state index in [4.69, 9.17) is 20.3 Å². The highest BCUT2D eigenvalue weighted by atomic mass is 16.5. The van der Waals surface area contributed by atoms with Crippen LogP contribution in [0.2, 0.25) is 0 Å². The number of carbonyl (C=O) groups excluding carboxylic acids is 1. The SMILES string of the molecule is CCOC(=O)c1cn([C@@H]2C[C@@H](O)[C@H](CO)O2)c(=O)nc1N. The Bertz CT molecular complexity index is 587. The second-order valence-corrected chi connectivity index (χ2v) is 4.56. The average molecular weight is 299 g/mol. The van der Waals surface area contributed by atoms with Crippen LogP contribution in [-0.2, 0) is 9.47 Å². The molecule has 1 aliphatic rings. The number of nitrogen functional groups attached to an aromatic ring is 1. The molecule has 0 unspecified atom stereocenters. The number of esters is 1. The number of aliphatic hydroxyl groups excluding tert-OH is 2. The average Bonchev–Trinajstić information content (AvgIpc) is 2.80. The van der Waals surface area contributed by atoms with Crippen molar-refractivity contribution in [1.82, 2.24) is 9.55 Å². The minimum Gasteiger partial charge on any atom is -0.462 e. The molecule has 9 heteroatoms. The summed E-state index contributed by atoms with van der Waals surface area (Å²) < 4.78 is 11.2. The number of hydrogen-bond donors (Lipinski definition) is 3. The second kappa shape index (κ2) is 6.20. The largest absolute Gasteiger partial charge is 0.462 e. The van der Waals surface area contributed by atoms with E-state index in [1.54, 1.807) is 6.92 Å². The van der Waals surface area contributed by atoms with Crippen molar-refractivity contribution in [2.24, 2.45) is 0 Å². The van der Waals surface area contributed by atoms with Gasteiger partial charge in [0, 0.05) is 12.6 Å². The summed E-state index contributed by atoms with van der Waals surface area (Å²) in [5.41, 5.74) is 4.78. The summed E-state index contributed by atoms with van der Waals surface area (Å²) in [4.78, 5) is 27.2. The molecule has 3 atom stereocenters. The van der Waals surface area contributed by atoms with Crippen LogP contribution in [0.5, 0.6) is 0 Å². The van der Waals surface area contributed by atoms with Crippen molar-refractivity contribution in [3.8, 4) is 0 Å². The van der Waals surface area contributed by atoms with Gasteiger partial charge in [-0.05, 0) is 6.92 Å². The van der Waals surface area contributed by atoms with Gasteiger partial charge in [-0.15, -0.1) is 0 Å². The van der Waals surface area contributed by atoms with Gasteiger partial charge < -0.3 is 25.4 Å². The summed E-state index contributed by atoms with van der Waals surface area (Å²) in [5, 5.41) is 18.7. The molecule has 0 aromatic carbocycles. The van der Waals surface area contributed by atoms with E-state index in [-0.39, 0.29) is 31.0 Å². The summed E-state index contributed by atoms with van der Waals surface area (Å²) in [6.07, 6.45) is -1.23. The molecule has 4 N–H and O–H groups in total. The first-order valence-corrected chi connectivity index (χ1v) is 6.48. The molecule has 1 aromatic rings. The van der Waals surface area contributed by atoms with Crippen LogP contribution in [0.1, 0.15) is 29.9 Å². The van der Waals surface area contributed by atoms with E-state index < -0.39 is 30.1 Å². The third kappa shape index (κ3) is 3.04. The number of rotatable bonds is 4. The number of ether oxygens (including phenoxy) is 2. The molecular weight excluding hydrogens is 282 g/mol. The topological polar surface area (TPSA) is 137 Å². The lowest BCUT2D eigenvalue weighted by molar-refractivity contribution is -0.0459. The summed E-state index contributed by atoms with van der Waals surface area (Å²) in [5.74, 6) is -0.930. The number of anilines is 1. The van der Waals surface area contributed by atoms with E-state index in [1.165, 1.54) is 6.20 Å². The predicted octanol–water partition coefficient (Wildman–Crippen LogP) is -1.36. The Morgan fingerprint density at radius 2 is 2.38 bits per heavy atom. The first-order chi connectivity index (χ1) is 9.97. The number of nitrogens with two attached hydrogens (primary N) is 1. The fourth-order valence-corrected chi connectivity index (χ4v) is 2.10. The van der Waals surface area contributed by atoms with Crippen LogP contribution in [0.15, 0.2) is 11.0 Å². The number of aliphatic hydroxyl groups is 2. The van der Waals surface area contributed by atoms with Crippen LogP contribution >= 0.6 is 0 Å². The molecule has 1 fully saturated rings. The Labute approximate surface area is 119 Å². The fourth-order valence-electron chi connectivity index (χ4n) is 2.10. The molecule has 9 nitrogen and oxygen atoms in total. The lowest BCUT2D eigenvalue weighted by atomic mass is 10.2. The summed E-state index contributed by atoms with van der Waals surface area (Å²) >= 11 is 0. The number of nitrogens with zero attached hydrogens (tertiary/aromatic N) is 2. The third-order valence-corrected chi connectivity index (χ3v) is 3.17. The van der Waals surface area contributed by atoms with Gasteiger partial charge >= 0.3 is 11.7 Å². The molecule has 0 spiro atoms. The summed E-state index contributed by atoms with van der Waals surface area (Å²) in [7, 11) is 0. The highest BCUT2D eigenvalue weighted by molar-refractivity contribution is 5.93. The van der Waals surface area contributed by atoms with E-state index in [9.17, 15) is 14.7 Å².